The number of hydrogen-bond donors (Lipinski definition) is 1. The highest BCUT2D eigenvalue weighted by Crippen LogP contribution is 2.29. The zero-order valence-corrected chi connectivity index (χ0v) is 9.78. The lowest BCUT2D eigenvalue weighted by molar-refractivity contribution is 0.281. The van der Waals surface area contributed by atoms with E-state index in [2.05, 4.69) is 18.7 Å². The van der Waals surface area contributed by atoms with Crippen molar-refractivity contribution < 1.29 is 9.50 Å². The van der Waals surface area contributed by atoms with Crippen molar-refractivity contribution in [2.24, 2.45) is 5.92 Å². The Labute approximate surface area is 95.7 Å². The van der Waals surface area contributed by atoms with Crippen LogP contribution in [0.5, 0.6) is 0 Å². The number of benzene rings is 1. The Kier molecular flexibility index (Phi) is 3.15. The average Bonchev–Trinajstić information content (AvgIpc) is 2.57. The minimum atomic E-state index is -0.270. The highest BCUT2D eigenvalue weighted by molar-refractivity contribution is 5.50. The van der Waals surface area contributed by atoms with Gasteiger partial charge in [0.15, 0.2) is 0 Å². The maximum absolute atomic E-state index is 13.4. The number of aliphatic hydroxyl groups excluding tert-OH is 1. The molecule has 1 aliphatic rings. The van der Waals surface area contributed by atoms with Crippen LogP contribution >= 0.6 is 0 Å². The van der Waals surface area contributed by atoms with Gasteiger partial charge in [0.25, 0.3) is 0 Å². The lowest BCUT2D eigenvalue weighted by atomic mass is 10.1. The molecule has 0 radical (unpaired) electrons. The van der Waals surface area contributed by atoms with Crippen LogP contribution < -0.4 is 4.90 Å². The van der Waals surface area contributed by atoms with Crippen LogP contribution in [0.1, 0.15) is 25.8 Å². The molecule has 0 amide bonds. The average molecular weight is 223 g/mol. The maximum Gasteiger partial charge on any atom is 0.125 e. The van der Waals surface area contributed by atoms with Crippen molar-refractivity contribution in [3.63, 3.8) is 0 Å². The maximum atomic E-state index is 13.4. The molecule has 2 rings (SSSR count). The topological polar surface area (TPSA) is 23.5 Å². The van der Waals surface area contributed by atoms with E-state index in [9.17, 15) is 4.39 Å². The van der Waals surface area contributed by atoms with Crippen LogP contribution in [0.25, 0.3) is 0 Å². The van der Waals surface area contributed by atoms with Crippen molar-refractivity contribution in [2.45, 2.75) is 32.9 Å². The van der Waals surface area contributed by atoms with Crippen LogP contribution in [-0.2, 0) is 6.61 Å². The fourth-order valence-corrected chi connectivity index (χ4v) is 2.55. The van der Waals surface area contributed by atoms with Gasteiger partial charge >= 0.3 is 0 Å². The quantitative estimate of drug-likeness (QED) is 0.833. The summed E-state index contributed by atoms with van der Waals surface area (Å²) in [6.45, 7) is 5.23. The summed E-state index contributed by atoms with van der Waals surface area (Å²) in [5, 5.41) is 9.06. The van der Waals surface area contributed by atoms with E-state index in [-0.39, 0.29) is 12.4 Å². The number of hydrogen-bond acceptors (Lipinski definition) is 2. The van der Waals surface area contributed by atoms with Crippen molar-refractivity contribution in [2.75, 3.05) is 11.4 Å². The normalized spacial score (nSPS) is 25.1. The molecule has 2 unspecified atom stereocenters. The molecule has 2 atom stereocenters. The third-order valence-electron chi connectivity index (χ3n) is 3.24. The van der Waals surface area contributed by atoms with Crippen molar-refractivity contribution in [3.8, 4) is 0 Å². The Morgan fingerprint density at radius 2 is 2.12 bits per heavy atom. The molecular weight excluding hydrogens is 205 g/mol. The molecule has 88 valence electrons. The van der Waals surface area contributed by atoms with Gasteiger partial charge in [-0.2, -0.15) is 0 Å². The fourth-order valence-electron chi connectivity index (χ4n) is 2.55. The molecular formula is C13H18FNO. The van der Waals surface area contributed by atoms with Gasteiger partial charge in [0.1, 0.15) is 5.82 Å². The predicted molar refractivity (Wildman–Crippen MR) is 62.9 cm³/mol. The molecule has 1 saturated heterocycles. The first-order chi connectivity index (χ1) is 7.60. The zero-order chi connectivity index (χ0) is 11.7. The van der Waals surface area contributed by atoms with E-state index in [1.165, 1.54) is 6.07 Å². The van der Waals surface area contributed by atoms with Gasteiger partial charge < -0.3 is 10.0 Å². The summed E-state index contributed by atoms with van der Waals surface area (Å²) in [7, 11) is 0. The largest absolute Gasteiger partial charge is 0.392 e. The van der Waals surface area contributed by atoms with Crippen molar-refractivity contribution >= 4 is 5.69 Å². The van der Waals surface area contributed by atoms with E-state index < -0.39 is 0 Å². The fraction of sp³-hybridized carbons (Fsp3) is 0.538. The van der Waals surface area contributed by atoms with Gasteiger partial charge in [-0.05, 0) is 43.0 Å². The molecule has 16 heavy (non-hydrogen) atoms. The van der Waals surface area contributed by atoms with Crippen molar-refractivity contribution in [3.05, 3.63) is 29.6 Å². The van der Waals surface area contributed by atoms with Gasteiger partial charge in [-0.1, -0.05) is 6.92 Å². The summed E-state index contributed by atoms with van der Waals surface area (Å²) in [5.74, 6) is 0.379. The van der Waals surface area contributed by atoms with Crippen LogP contribution in [-0.4, -0.2) is 17.7 Å². The number of rotatable bonds is 2. The van der Waals surface area contributed by atoms with Gasteiger partial charge in [-0.25, -0.2) is 4.39 Å². The number of anilines is 1. The third kappa shape index (κ3) is 2.19. The van der Waals surface area contributed by atoms with E-state index in [1.54, 1.807) is 6.07 Å². The first kappa shape index (κ1) is 11.4. The Morgan fingerprint density at radius 1 is 1.38 bits per heavy atom. The lowest BCUT2D eigenvalue weighted by Gasteiger charge is -2.24. The minimum Gasteiger partial charge on any atom is -0.392 e. The molecule has 2 nitrogen and oxygen atoms in total. The van der Waals surface area contributed by atoms with Gasteiger partial charge in [0.05, 0.1) is 6.61 Å². The first-order valence-corrected chi connectivity index (χ1v) is 5.77. The van der Waals surface area contributed by atoms with Crippen LogP contribution in [0.15, 0.2) is 18.2 Å². The molecule has 0 aliphatic carbocycles. The second-order valence-electron chi connectivity index (χ2n) is 4.82. The number of halogens is 1. The molecule has 0 spiro atoms. The Balaban J connectivity index is 2.29. The third-order valence-corrected chi connectivity index (χ3v) is 3.24. The summed E-state index contributed by atoms with van der Waals surface area (Å²) >= 11 is 0. The Bertz CT molecular complexity index is 380. The standard InChI is InChI=1S/C13H18FNO/c1-9-3-10(2)15(7-9)13-5-11(8-16)4-12(14)6-13/h4-6,9-10,16H,3,7-8H2,1-2H3. The van der Waals surface area contributed by atoms with Crippen molar-refractivity contribution in [1.82, 2.24) is 0 Å². The van der Waals surface area contributed by atoms with E-state index in [0.29, 0.717) is 17.5 Å². The second-order valence-corrected chi connectivity index (χ2v) is 4.82. The van der Waals surface area contributed by atoms with Crippen LogP contribution in [0.2, 0.25) is 0 Å². The molecule has 1 aromatic rings. The molecule has 0 aromatic heterocycles. The predicted octanol–water partition coefficient (Wildman–Crippen LogP) is 2.55. The number of nitrogens with zero attached hydrogens (tertiary/aromatic N) is 1. The molecule has 1 aromatic carbocycles. The molecule has 1 fully saturated rings. The summed E-state index contributed by atoms with van der Waals surface area (Å²) in [4.78, 5) is 2.22. The second kappa shape index (κ2) is 4.42. The number of aliphatic hydroxyl groups is 1. The lowest BCUT2D eigenvalue weighted by Crippen LogP contribution is -2.26. The summed E-state index contributed by atoms with van der Waals surface area (Å²) in [6, 6.07) is 5.25. The van der Waals surface area contributed by atoms with E-state index in [4.69, 9.17) is 5.11 Å². The Hall–Kier alpha value is -1.09. The highest BCUT2D eigenvalue weighted by Gasteiger charge is 2.26. The highest BCUT2D eigenvalue weighted by atomic mass is 19.1. The summed E-state index contributed by atoms with van der Waals surface area (Å²) in [6.07, 6.45) is 1.14. The van der Waals surface area contributed by atoms with Crippen LogP contribution in [0.3, 0.4) is 0 Å². The van der Waals surface area contributed by atoms with Gasteiger partial charge in [-0.15, -0.1) is 0 Å². The van der Waals surface area contributed by atoms with Crippen LogP contribution in [0.4, 0.5) is 10.1 Å². The van der Waals surface area contributed by atoms with Gasteiger partial charge in [-0.3, -0.25) is 0 Å². The van der Waals surface area contributed by atoms with Gasteiger partial charge in [0.2, 0.25) is 0 Å². The smallest absolute Gasteiger partial charge is 0.125 e. The van der Waals surface area contributed by atoms with E-state index in [0.717, 1.165) is 18.7 Å². The van der Waals surface area contributed by atoms with Crippen molar-refractivity contribution in [1.29, 1.82) is 0 Å². The summed E-state index contributed by atoms with van der Waals surface area (Å²) < 4.78 is 13.4. The molecule has 1 N–H and O–H groups in total. The molecule has 3 heteroatoms. The molecule has 1 aliphatic heterocycles. The molecule has 0 bridgehead atoms. The molecule has 0 saturated carbocycles. The monoisotopic (exact) mass is 223 g/mol. The van der Waals surface area contributed by atoms with E-state index in [1.807, 2.05) is 6.07 Å². The van der Waals surface area contributed by atoms with E-state index >= 15 is 0 Å². The van der Waals surface area contributed by atoms with Crippen LogP contribution in [0, 0.1) is 11.7 Å². The summed E-state index contributed by atoms with van der Waals surface area (Å²) in [5.41, 5.74) is 1.53. The molecule has 1 heterocycles. The van der Waals surface area contributed by atoms with Gasteiger partial charge in [0, 0.05) is 18.3 Å². The minimum absolute atomic E-state index is 0.109. The SMILES string of the molecule is CC1CC(C)N(c2cc(F)cc(CO)c2)C1. The first-order valence-electron chi connectivity index (χ1n) is 5.77. The Morgan fingerprint density at radius 3 is 2.69 bits per heavy atom. The zero-order valence-electron chi connectivity index (χ0n) is 9.78.